The zero-order chi connectivity index (χ0) is 13.3. The molecule has 2 rings (SSSR count). The van der Waals surface area contributed by atoms with Gasteiger partial charge in [0.05, 0.1) is 35.6 Å². The first-order valence-electron chi connectivity index (χ1n) is 6.34. The summed E-state index contributed by atoms with van der Waals surface area (Å²) in [6.45, 7) is 6.52. The van der Waals surface area contributed by atoms with Crippen LogP contribution in [0.3, 0.4) is 0 Å². The van der Waals surface area contributed by atoms with Gasteiger partial charge in [-0.05, 0) is 25.8 Å². The Morgan fingerprint density at radius 2 is 2.11 bits per heavy atom. The van der Waals surface area contributed by atoms with Crippen LogP contribution in [0.4, 0.5) is 0 Å². The average molecular weight is 249 g/mol. The maximum absolute atomic E-state index is 12.3. The molecule has 1 N–H and O–H groups in total. The van der Waals surface area contributed by atoms with Crippen molar-refractivity contribution in [2.75, 3.05) is 13.1 Å². The first kappa shape index (κ1) is 13.0. The van der Waals surface area contributed by atoms with Crippen molar-refractivity contribution in [1.29, 1.82) is 0 Å². The fourth-order valence-electron chi connectivity index (χ4n) is 2.16. The summed E-state index contributed by atoms with van der Waals surface area (Å²) < 4.78 is 0. The summed E-state index contributed by atoms with van der Waals surface area (Å²) in [7, 11) is 0. The Labute approximate surface area is 107 Å². The highest BCUT2D eigenvalue weighted by Gasteiger charge is 2.42. The monoisotopic (exact) mass is 249 g/mol. The Morgan fingerprint density at radius 1 is 1.44 bits per heavy atom. The highest BCUT2D eigenvalue weighted by molar-refractivity contribution is 5.96. The number of aliphatic hydroxyl groups is 1. The predicted molar refractivity (Wildman–Crippen MR) is 67.3 cm³/mol. The van der Waals surface area contributed by atoms with Gasteiger partial charge in [-0.3, -0.25) is 4.79 Å². The van der Waals surface area contributed by atoms with Crippen LogP contribution in [0.5, 0.6) is 0 Å². The Morgan fingerprint density at radius 3 is 2.67 bits per heavy atom. The molecule has 0 unspecified atom stereocenters. The van der Waals surface area contributed by atoms with Gasteiger partial charge in [-0.15, -0.1) is 0 Å². The van der Waals surface area contributed by atoms with E-state index >= 15 is 0 Å². The van der Waals surface area contributed by atoms with E-state index < -0.39 is 5.60 Å². The molecule has 1 saturated heterocycles. The minimum absolute atomic E-state index is 0.0528. The second kappa shape index (κ2) is 4.65. The smallest absolute Gasteiger partial charge is 0.256 e. The van der Waals surface area contributed by atoms with E-state index in [1.54, 1.807) is 11.0 Å². The van der Waals surface area contributed by atoms with Crippen molar-refractivity contribution in [3.63, 3.8) is 0 Å². The summed E-state index contributed by atoms with van der Waals surface area (Å²) in [6.07, 6.45) is 1.35. The van der Waals surface area contributed by atoms with E-state index in [0.29, 0.717) is 31.5 Å². The molecule has 98 valence electrons. The van der Waals surface area contributed by atoms with Crippen molar-refractivity contribution < 1.29 is 9.90 Å². The number of carbonyl (C=O) groups is 1. The van der Waals surface area contributed by atoms with E-state index in [2.05, 4.69) is 10.2 Å². The quantitative estimate of drug-likeness (QED) is 0.866. The lowest BCUT2D eigenvalue weighted by molar-refractivity contribution is -0.0827. The number of amides is 1. The lowest BCUT2D eigenvalue weighted by Crippen LogP contribution is -2.63. The van der Waals surface area contributed by atoms with Gasteiger partial charge in [0.15, 0.2) is 0 Å². The summed E-state index contributed by atoms with van der Waals surface area (Å²) in [5, 5.41) is 18.0. The molecule has 1 fully saturated rings. The molecule has 5 heteroatoms. The van der Waals surface area contributed by atoms with E-state index in [4.69, 9.17) is 0 Å². The van der Waals surface area contributed by atoms with Crippen LogP contribution in [-0.4, -0.2) is 44.8 Å². The minimum atomic E-state index is -0.697. The summed E-state index contributed by atoms with van der Waals surface area (Å²) in [4.78, 5) is 14.0. The van der Waals surface area contributed by atoms with Crippen molar-refractivity contribution >= 4 is 5.91 Å². The summed E-state index contributed by atoms with van der Waals surface area (Å²) in [5.74, 6) is -0.0528. The third-order valence-electron chi connectivity index (χ3n) is 3.47. The topological polar surface area (TPSA) is 66.3 Å². The van der Waals surface area contributed by atoms with Crippen molar-refractivity contribution in [3.8, 4) is 0 Å². The van der Waals surface area contributed by atoms with Crippen LogP contribution in [0.15, 0.2) is 6.07 Å². The van der Waals surface area contributed by atoms with Crippen molar-refractivity contribution in [3.05, 3.63) is 23.0 Å². The van der Waals surface area contributed by atoms with E-state index in [0.717, 1.165) is 11.4 Å². The normalized spacial score (nSPS) is 17.4. The lowest BCUT2D eigenvalue weighted by Gasteiger charge is -2.46. The Balaban J connectivity index is 2.18. The maximum atomic E-state index is 12.3. The molecular formula is C13H19N3O2. The summed E-state index contributed by atoms with van der Waals surface area (Å²) >= 11 is 0. The average Bonchev–Trinajstić information content (AvgIpc) is 2.34. The second-order valence-corrected chi connectivity index (χ2v) is 4.94. The molecule has 18 heavy (non-hydrogen) atoms. The first-order valence-corrected chi connectivity index (χ1v) is 6.34. The number of rotatable bonds is 3. The molecule has 1 aromatic rings. The van der Waals surface area contributed by atoms with Gasteiger partial charge in [0, 0.05) is 0 Å². The molecular weight excluding hydrogens is 230 g/mol. The molecule has 2 heterocycles. The fraction of sp³-hybridized carbons (Fsp3) is 0.615. The second-order valence-electron chi connectivity index (χ2n) is 4.94. The maximum Gasteiger partial charge on any atom is 0.256 e. The van der Waals surface area contributed by atoms with Gasteiger partial charge in [0.2, 0.25) is 0 Å². The Hall–Kier alpha value is -1.49. The van der Waals surface area contributed by atoms with Gasteiger partial charge in [0.25, 0.3) is 5.91 Å². The molecule has 1 aromatic heterocycles. The molecule has 5 nitrogen and oxygen atoms in total. The zero-order valence-electron chi connectivity index (χ0n) is 11.1. The molecule has 0 aliphatic carbocycles. The fourth-order valence-corrected chi connectivity index (χ4v) is 2.16. The number of likely N-dealkylation sites (tertiary alicyclic amines) is 1. The third-order valence-corrected chi connectivity index (χ3v) is 3.47. The van der Waals surface area contributed by atoms with E-state index in [1.807, 2.05) is 20.8 Å². The highest BCUT2D eigenvalue weighted by atomic mass is 16.3. The van der Waals surface area contributed by atoms with E-state index in [-0.39, 0.29) is 5.91 Å². The predicted octanol–water partition coefficient (Wildman–Crippen LogP) is 0.944. The standard InChI is InChI=1S/C13H19N3O2/c1-4-11-10(6-9(3)14-15-11)12(17)16-7-13(18,5-2)8-16/h6,18H,4-5,7-8H2,1-3H3. The lowest BCUT2D eigenvalue weighted by atomic mass is 9.90. The van der Waals surface area contributed by atoms with Crippen LogP contribution in [0.2, 0.25) is 0 Å². The van der Waals surface area contributed by atoms with Gasteiger partial charge in [0.1, 0.15) is 0 Å². The van der Waals surface area contributed by atoms with Gasteiger partial charge >= 0.3 is 0 Å². The van der Waals surface area contributed by atoms with Crippen molar-refractivity contribution in [1.82, 2.24) is 15.1 Å². The molecule has 0 atom stereocenters. The van der Waals surface area contributed by atoms with Gasteiger partial charge in [-0.25, -0.2) is 0 Å². The first-order chi connectivity index (χ1) is 8.49. The molecule has 0 bridgehead atoms. The number of carbonyl (C=O) groups excluding carboxylic acids is 1. The third kappa shape index (κ3) is 2.22. The molecule has 1 aliphatic rings. The summed E-state index contributed by atoms with van der Waals surface area (Å²) in [5.41, 5.74) is 1.37. The van der Waals surface area contributed by atoms with Gasteiger partial charge in [-0.1, -0.05) is 13.8 Å². The highest BCUT2D eigenvalue weighted by Crippen LogP contribution is 2.26. The van der Waals surface area contributed by atoms with Crippen LogP contribution < -0.4 is 0 Å². The van der Waals surface area contributed by atoms with E-state index in [9.17, 15) is 9.90 Å². The van der Waals surface area contributed by atoms with Gasteiger partial charge < -0.3 is 10.0 Å². The molecule has 0 saturated carbocycles. The Bertz CT molecular complexity index is 467. The van der Waals surface area contributed by atoms with Crippen LogP contribution >= 0.6 is 0 Å². The molecule has 0 radical (unpaired) electrons. The largest absolute Gasteiger partial charge is 0.386 e. The van der Waals surface area contributed by atoms with Crippen molar-refractivity contribution in [2.24, 2.45) is 0 Å². The molecule has 0 spiro atoms. The van der Waals surface area contributed by atoms with Crippen molar-refractivity contribution in [2.45, 2.75) is 39.2 Å². The van der Waals surface area contributed by atoms with Crippen LogP contribution in [-0.2, 0) is 6.42 Å². The zero-order valence-corrected chi connectivity index (χ0v) is 11.1. The van der Waals surface area contributed by atoms with Crippen LogP contribution in [0.25, 0.3) is 0 Å². The number of hydrogen-bond donors (Lipinski definition) is 1. The number of nitrogens with zero attached hydrogens (tertiary/aromatic N) is 3. The summed E-state index contributed by atoms with van der Waals surface area (Å²) in [6, 6.07) is 1.78. The SMILES string of the molecule is CCc1nnc(C)cc1C(=O)N1CC(O)(CC)C1. The van der Waals surface area contributed by atoms with Crippen LogP contribution in [0.1, 0.15) is 42.0 Å². The number of β-amino-alcohol motifs (C(OH)–C–C–N with tert-alkyl or cyclic N) is 1. The minimum Gasteiger partial charge on any atom is -0.386 e. The number of hydrogen-bond acceptors (Lipinski definition) is 4. The number of aryl methyl sites for hydroxylation is 2. The van der Waals surface area contributed by atoms with Gasteiger partial charge in [-0.2, -0.15) is 10.2 Å². The molecule has 1 aliphatic heterocycles. The van der Waals surface area contributed by atoms with Crippen LogP contribution in [0, 0.1) is 6.92 Å². The molecule has 0 aromatic carbocycles. The molecule has 1 amide bonds. The number of aromatic nitrogens is 2. The Kier molecular flexibility index (Phi) is 3.34. The van der Waals surface area contributed by atoms with E-state index in [1.165, 1.54) is 0 Å².